The SMILES string of the molecule is C.CCC(C)OC(C)=O.CCOC(=O)OCC.CCOC(C)=O. The smallest absolute Gasteiger partial charge is 0.466 e. The Morgan fingerprint density at radius 2 is 1.17 bits per heavy atom. The molecule has 0 aromatic rings. The molecule has 0 spiro atoms. The molecule has 0 rings (SSSR count). The molecule has 140 valence electrons. The highest BCUT2D eigenvalue weighted by Gasteiger charge is 1.99. The topological polar surface area (TPSA) is 88.1 Å². The first-order valence-electron chi connectivity index (χ1n) is 7.34. The Morgan fingerprint density at radius 3 is 1.30 bits per heavy atom. The van der Waals surface area contributed by atoms with Crippen molar-refractivity contribution in [1.29, 1.82) is 0 Å². The van der Waals surface area contributed by atoms with Gasteiger partial charge >= 0.3 is 18.1 Å². The van der Waals surface area contributed by atoms with Gasteiger partial charge in [-0.3, -0.25) is 9.59 Å². The van der Waals surface area contributed by atoms with Crippen molar-refractivity contribution in [3.8, 4) is 0 Å². The lowest BCUT2D eigenvalue weighted by molar-refractivity contribution is -0.145. The van der Waals surface area contributed by atoms with E-state index in [2.05, 4.69) is 14.2 Å². The average molecular weight is 338 g/mol. The Hall–Kier alpha value is -1.79. The lowest BCUT2D eigenvalue weighted by Crippen LogP contribution is -2.09. The van der Waals surface area contributed by atoms with Gasteiger partial charge in [-0.2, -0.15) is 0 Å². The van der Waals surface area contributed by atoms with Crippen LogP contribution in [0, 0.1) is 0 Å². The molecule has 0 saturated heterocycles. The fraction of sp³-hybridized carbons (Fsp3) is 0.812. The van der Waals surface area contributed by atoms with E-state index < -0.39 is 6.16 Å². The van der Waals surface area contributed by atoms with Crippen molar-refractivity contribution < 1.29 is 33.3 Å². The fourth-order valence-corrected chi connectivity index (χ4v) is 0.847. The van der Waals surface area contributed by atoms with Gasteiger partial charge in [0.05, 0.1) is 25.9 Å². The van der Waals surface area contributed by atoms with Crippen molar-refractivity contribution >= 4 is 18.1 Å². The molecule has 0 saturated carbocycles. The van der Waals surface area contributed by atoms with E-state index in [-0.39, 0.29) is 25.5 Å². The Labute approximate surface area is 140 Å². The molecular weight excluding hydrogens is 304 g/mol. The zero-order valence-electron chi connectivity index (χ0n) is 14.8. The number of carbonyl (C=O) groups is 3. The maximum Gasteiger partial charge on any atom is 0.508 e. The number of ether oxygens (including phenoxy) is 4. The summed E-state index contributed by atoms with van der Waals surface area (Å²) in [7, 11) is 0. The summed E-state index contributed by atoms with van der Waals surface area (Å²) in [5, 5.41) is 0. The number of hydrogen-bond donors (Lipinski definition) is 0. The van der Waals surface area contributed by atoms with Crippen molar-refractivity contribution in [1.82, 2.24) is 0 Å². The summed E-state index contributed by atoms with van der Waals surface area (Å²) in [5.41, 5.74) is 0. The maximum absolute atomic E-state index is 10.2. The van der Waals surface area contributed by atoms with Gasteiger partial charge in [0.15, 0.2) is 0 Å². The van der Waals surface area contributed by atoms with Crippen LogP contribution in [-0.2, 0) is 28.5 Å². The van der Waals surface area contributed by atoms with Gasteiger partial charge in [0.25, 0.3) is 0 Å². The molecule has 1 unspecified atom stereocenters. The molecule has 7 heteroatoms. The van der Waals surface area contributed by atoms with E-state index in [0.717, 1.165) is 6.42 Å². The van der Waals surface area contributed by atoms with E-state index in [4.69, 9.17) is 4.74 Å². The first-order chi connectivity index (χ1) is 10.2. The number of carbonyl (C=O) groups excluding carboxylic acids is 3. The molecule has 0 aliphatic carbocycles. The zero-order valence-corrected chi connectivity index (χ0v) is 14.8. The number of hydrogen-bond acceptors (Lipinski definition) is 7. The molecule has 0 aliphatic heterocycles. The van der Waals surface area contributed by atoms with E-state index >= 15 is 0 Å². The summed E-state index contributed by atoms with van der Waals surface area (Å²) in [5.74, 6) is -0.406. The predicted octanol–water partition coefficient (Wildman–Crippen LogP) is 3.73. The first kappa shape index (κ1) is 29.2. The third kappa shape index (κ3) is 38.4. The Morgan fingerprint density at radius 1 is 0.783 bits per heavy atom. The van der Waals surface area contributed by atoms with Crippen LogP contribution in [0.3, 0.4) is 0 Å². The highest BCUT2D eigenvalue weighted by Crippen LogP contribution is 1.94. The van der Waals surface area contributed by atoms with Crippen LogP contribution in [0.1, 0.15) is 62.3 Å². The van der Waals surface area contributed by atoms with Crippen LogP contribution in [0.4, 0.5) is 4.79 Å². The average Bonchev–Trinajstić information content (AvgIpc) is 2.39. The summed E-state index contributed by atoms with van der Waals surface area (Å²) >= 11 is 0. The standard InChI is InChI=1S/C6H12O2.C5H10O3.C4H8O2.CH4/c1-4-5(2)8-6(3)7;1-3-7-5(6)8-4-2;1-3-6-4(2)5;/h5H,4H2,1-3H3;3-4H2,1-2H3;3H2,1-2H3;1H4. The second kappa shape index (κ2) is 22.5. The van der Waals surface area contributed by atoms with Crippen LogP contribution in [0.25, 0.3) is 0 Å². The van der Waals surface area contributed by atoms with Gasteiger partial charge in [-0.05, 0) is 34.1 Å². The van der Waals surface area contributed by atoms with E-state index in [1.807, 2.05) is 13.8 Å². The molecule has 0 fully saturated rings. The van der Waals surface area contributed by atoms with Gasteiger partial charge in [-0.15, -0.1) is 0 Å². The molecule has 0 aliphatic rings. The minimum atomic E-state index is -0.588. The second-order valence-electron chi connectivity index (χ2n) is 3.87. The number of esters is 2. The third-order valence-electron chi connectivity index (χ3n) is 1.81. The lowest BCUT2D eigenvalue weighted by atomic mass is 10.3. The van der Waals surface area contributed by atoms with E-state index in [1.165, 1.54) is 13.8 Å². The molecule has 1 atom stereocenters. The third-order valence-corrected chi connectivity index (χ3v) is 1.81. The quantitative estimate of drug-likeness (QED) is 0.557. The van der Waals surface area contributed by atoms with Gasteiger partial charge < -0.3 is 18.9 Å². The Bertz CT molecular complexity index is 282. The number of rotatable bonds is 5. The molecule has 0 heterocycles. The predicted molar refractivity (Wildman–Crippen MR) is 89.2 cm³/mol. The molecular formula is C16H34O7. The van der Waals surface area contributed by atoms with E-state index in [1.54, 1.807) is 20.8 Å². The van der Waals surface area contributed by atoms with Gasteiger partial charge in [0, 0.05) is 13.8 Å². The van der Waals surface area contributed by atoms with Gasteiger partial charge in [0.1, 0.15) is 0 Å². The van der Waals surface area contributed by atoms with Gasteiger partial charge in [-0.25, -0.2) is 4.79 Å². The zero-order chi connectivity index (χ0) is 18.0. The summed E-state index contributed by atoms with van der Waals surface area (Å²) in [6, 6.07) is 0. The molecule has 0 bridgehead atoms. The second-order valence-corrected chi connectivity index (χ2v) is 3.87. The van der Waals surface area contributed by atoms with Gasteiger partial charge in [0.2, 0.25) is 0 Å². The Kier molecular flexibility index (Phi) is 28.6. The molecule has 0 amide bonds. The lowest BCUT2D eigenvalue weighted by Gasteiger charge is -2.06. The van der Waals surface area contributed by atoms with Crippen molar-refractivity contribution in [3.05, 3.63) is 0 Å². The monoisotopic (exact) mass is 338 g/mol. The van der Waals surface area contributed by atoms with Crippen molar-refractivity contribution in [2.45, 2.75) is 68.4 Å². The van der Waals surface area contributed by atoms with Crippen LogP contribution < -0.4 is 0 Å². The normalized spacial score (nSPS) is 9.35. The van der Waals surface area contributed by atoms with Crippen LogP contribution in [0.2, 0.25) is 0 Å². The highest BCUT2D eigenvalue weighted by atomic mass is 16.7. The first-order valence-corrected chi connectivity index (χ1v) is 7.34. The summed E-state index contributed by atoms with van der Waals surface area (Å²) in [6.45, 7) is 13.1. The Balaban J connectivity index is -0.000000117. The van der Waals surface area contributed by atoms with Crippen molar-refractivity contribution in [3.63, 3.8) is 0 Å². The summed E-state index contributed by atoms with van der Waals surface area (Å²) in [4.78, 5) is 30.2. The van der Waals surface area contributed by atoms with Crippen molar-refractivity contribution in [2.24, 2.45) is 0 Å². The van der Waals surface area contributed by atoms with Crippen LogP contribution in [-0.4, -0.2) is 44.0 Å². The van der Waals surface area contributed by atoms with Crippen LogP contribution >= 0.6 is 0 Å². The molecule has 0 N–H and O–H groups in total. The molecule has 7 nitrogen and oxygen atoms in total. The minimum absolute atomic E-state index is 0. The van der Waals surface area contributed by atoms with E-state index in [0.29, 0.717) is 19.8 Å². The minimum Gasteiger partial charge on any atom is -0.466 e. The molecule has 0 radical (unpaired) electrons. The van der Waals surface area contributed by atoms with Crippen LogP contribution in [0.15, 0.2) is 0 Å². The van der Waals surface area contributed by atoms with E-state index in [9.17, 15) is 14.4 Å². The molecule has 0 aromatic heterocycles. The molecule has 23 heavy (non-hydrogen) atoms. The van der Waals surface area contributed by atoms with Gasteiger partial charge in [-0.1, -0.05) is 14.4 Å². The van der Waals surface area contributed by atoms with Crippen LogP contribution in [0.5, 0.6) is 0 Å². The van der Waals surface area contributed by atoms with Crippen molar-refractivity contribution in [2.75, 3.05) is 19.8 Å². The maximum atomic E-state index is 10.2. The summed E-state index contributed by atoms with van der Waals surface area (Å²) in [6.07, 6.45) is 0.377. The fourth-order valence-electron chi connectivity index (χ4n) is 0.847. The largest absolute Gasteiger partial charge is 0.508 e. The summed E-state index contributed by atoms with van der Waals surface area (Å²) < 4.78 is 18.0. The molecule has 0 aromatic carbocycles. The highest BCUT2D eigenvalue weighted by molar-refractivity contribution is 5.66.